The van der Waals surface area contributed by atoms with E-state index in [0.29, 0.717) is 30.2 Å². The Morgan fingerprint density at radius 1 is 1.13 bits per heavy atom. The number of ether oxygens (including phenoxy) is 3. The number of hydrogen-bond donors (Lipinski definition) is 1. The number of aromatic nitrogens is 1. The minimum absolute atomic E-state index is 0.255. The predicted octanol–water partition coefficient (Wildman–Crippen LogP) is 4.21. The fraction of sp³-hybridized carbons (Fsp3) is 0.391. The van der Waals surface area contributed by atoms with Gasteiger partial charge >= 0.3 is 5.97 Å². The molecule has 164 valence electrons. The minimum Gasteiger partial charge on any atom is -0.496 e. The third-order valence-corrected chi connectivity index (χ3v) is 6.83. The van der Waals surface area contributed by atoms with E-state index in [1.54, 1.807) is 32.7 Å². The van der Waals surface area contributed by atoms with Crippen molar-refractivity contribution in [3.63, 3.8) is 0 Å². The lowest BCUT2D eigenvalue weighted by atomic mass is 9.94. The fourth-order valence-electron chi connectivity index (χ4n) is 4.20. The lowest BCUT2D eigenvalue weighted by molar-refractivity contribution is -0.143. The number of carboxylic acid groups (broad SMARTS) is 1. The molecule has 0 aliphatic carbocycles. The van der Waals surface area contributed by atoms with Crippen molar-refractivity contribution in [3.05, 3.63) is 47.0 Å². The molecule has 0 radical (unpaired) electrons. The zero-order valence-electron chi connectivity index (χ0n) is 17.8. The highest BCUT2D eigenvalue weighted by Gasteiger charge is 2.35. The van der Waals surface area contributed by atoms with Crippen LogP contribution in [-0.4, -0.2) is 55.4 Å². The molecule has 1 fully saturated rings. The molecule has 2 atom stereocenters. The van der Waals surface area contributed by atoms with E-state index in [1.807, 2.05) is 30.3 Å². The molecule has 31 heavy (non-hydrogen) atoms. The summed E-state index contributed by atoms with van der Waals surface area (Å²) in [5.41, 5.74) is 1.81. The summed E-state index contributed by atoms with van der Waals surface area (Å²) in [7, 11) is 4.81. The average Bonchev–Trinajstić information content (AvgIpc) is 3.22. The van der Waals surface area contributed by atoms with E-state index in [0.717, 1.165) is 33.8 Å². The van der Waals surface area contributed by atoms with E-state index in [-0.39, 0.29) is 6.04 Å². The second kappa shape index (κ2) is 9.11. The van der Waals surface area contributed by atoms with Gasteiger partial charge in [0.2, 0.25) is 0 Å². The number of fused-ring (bicyclic) bond motifs is 1. The van der Waals surface area contributed by atoms with Crippen molar-refractivity contribution in [2.75, 3.05) is 34.4 Å². The van der Waals surface area contributed by atoms with Crippen LogP contribution in [0, 0.1) is 5.92 Å². The Labute approximate surface area is 185 Å². The first kappa shape index (κ1) is 21.4. The molecule has 1 aromatic heterocycles. The molecule has 0 amide bonds. The number of aliphatic carboxylic acids is 1. The number of likely N-dealkylation sites (tertiary alicyclic amines) is 1. The largest absolute Gasteiger partial charge is 0.496 e. The first-order valence-electron chi connectivity index (χ1n) is 10.2. The Balaban J connectivity index is 1.87. The third-order valence-electron chi connectivity index (χ3n) is 5.74. The molecule has 0 bridgehead atoms. The van der Waals surface area contributed by atoms with Gasteiger partial charge in [-0.25, -0.2) is 4.98 Å². The molecule has 3 aromatic rings. The van der Waals surface area contributed by atoms with Crippen LogP contribution in [0.1, 0.15) is 29.5 Å². The number of rotatable bonds is 7. The van der Waals surface area contributed by atoms with Crippen molar-refractivity contribution in [1.29, 1.82) is 0 Å². The van der Waals surface area contributed by atoms with Crippen LogP contribution in [0.3, 0.4) is 0 Å². The molecule has 8 heteroatoms. The van der Waals surface area contributed by atoms with Crippen molar-refractivity contribution < 1.29 is 24.1 Å². The quantitative estimate of drug-likeness (QED) is 0.587. The van der Waals surface area contributed by atoms with Gasteiger partial charge in [-0.1, -0.05) is 12.1 Å². The van der Waals surface area contributed by atoms with Crippen molar-refractivity contribution in [3.8, 4) is 17.2 Å². The molecule has 1 aliphatic heterocycles. The van der Waals surface area contributed by atoms with E-state index in [4.69, 9.17) is 19.2 Å². The number of carbonyl (C=O) groups is 1. The predicted molar refractivity (Wildman–Crippen MR) is 119 cm³/mol. The van der Waals surface area contributed by atoms with E-state index >= 15 is 0 Å². The number of hydrogen-bond acceptors (Lipinski definition) is 7. The van der Waals surface area contributed by atoms with E-state index in [1.165, 1.54) is 0 Å². The van der Waals surface area contributed by atoms with Gasteiger partial charge in [0.15, 0.2) is 11.5 Å². The second-order valence-electron chi connectivity index (χ2n) is 7.54. The van der Waals surface area contributed by atoms with Gasteiger partial charge in [0.05, 0.1) is 43.5 Å². The molecule has 2 heterocycles. The number of benzene rings is 2. The monoisotopic (exact) mass is 442 g/mol. The molecule has 2 unspecified atom stereocenters. The zero-order valence-corrected chi connectivity index (χ0v) is 18.6. The van der Waals surface area contributed by atoms with Crippen LogP contribution >= 0.6 is 11.3 Å². The Morgan fingerprint density at radius 3 is 2.52 bits per heavy atom. The Kier molecular flexibility index (Phi) is 6.29. The molecule has 7 nitrogen and oxygen atoms in total. The van der Waals surface area contributed by atoms with Crippen LogP contribution in [0.5, 0.6) is 17.2 Å². The zero-order chi connectivity index (χ0) is 22.0. The molecule has 4 rings (SSSR count). The van der Waals surface area contributed by atoms with Crippen molar-refractivity contribution in [2.45, 2.75) is 18.9 Å². The summed E-state index contributed by atoms with van der Waals surface area (Å²) < 4.78 is 17.8. The van der Waals surface area contributed by atoms with Gasteiger partial charge in [-0.3, -0.25) is 9.69 Å². The van der Waals surface area contributed by atoms with E-state index < -0.39 is 11.9 Å². The number of para-hydroxylation sites is 1. The first-order chi connectivity index (χ1) is 15.0. The van der Waals surface area contributed by atoms with E-state index in [9.17, 15) is 9.90 Å². The summed E-state index contributed by atoms with van der Waals surface area (Å²) in [4.78, 5) is 18.9. The number of carboxylic acids is 1. The Hall–Kier alpha value is -2.84. The van der Waals surface area contributed by atoms with E-state index in [2.05, 4.69) is 11.0 Å². The van der Waals surface area contributed by atoms with Crippen LogP contribution in [-0.2, 0) is 4.79 Å². The van der Waals surface area contributed by atoms with Gasteiger partial charge in [0.25, 0.3) is 0 Å². The van der Waals surface area contributed by atoms with Gasteiger partial charge in [-0.05, 0) is 37.6 Å². The lowest BCUT2D eigenvalue weighted by Gasteiger charge is -2.37. The maximum absolute atomic E-state index is 11.7. The number of piperidine rings is 1. The maximum Gasteiger partial charge on any atom is 0.307 e. The number of thiazole rings is 1. The van der Waals surface area contributed by atoms with Gasteiger partial charge in [-0.2, -0.15) is 0 Å². The van der Waals surface area contributed by atoms with Gasteiger partial charge in [-0.15, -0.1) is 11.3 Å². The lowest BCUT2D eigenvalue weighted by Crippen LogP contribution is -2.41. The standard InChI is InChI=1S/C23H26N2O5S/c1-28-17-12-19(30-3)18(29-2)11-15(17)21(25-10-6-7-14(13-25)23(26)27)22-24-16-8-4-5-9-20(16)31-22/h4-5,8-9,11-12,14,21H,6-7,10,13H2,1-3H3,(H,26,27). The van der Waals surface area contributed by atoms with Crippen LogP contribution < -0.4 is 14.2 Å². The highest BCUT2D eigenvalue weighted by atomic mass is 32.1. The molecular weight excluding hydrogens is 416 g/mol. The van der Waals surface area contributed by atoms with Crippen LogP contribution in [0.25, 0.3) is 10.2 Å². The normalized spacial score (nSPS) is 18.0. The van der Waals surface area contributed by atoms with Gasteiger partial charge < -0.3 is 19.3 Å². The molecule has 1 aliphatic rings. The molecule has 2 aromatic carbocycles. The fourth-order valence-corrected chi connectivity index (χ4v) is 5.32. The molecular formula is C23H26N2O5S. The Bertz CT molecular complexity index is 1050. The van der Waals surface area contributed by atoms with Crippen molar-refractivity contribution >= 4 is 27.5 Å². The summed E-state index contributed by atoms with van der Waals surface area (Å²) in [6, 6.07) is 11.5. The van der Waals surface area contributed by atoms with Crippen molar-refractivity contribution in [2.24, 2.45) is 5.92 Å². The summed E-state index contributed by atoms with van der Waals surface area (Å²) in [5, 5.41) is 10.5. The highest BCUT2D eigenvalue weighted by Crippen LogP contribution is 2.44. The first-order valence-corrected chi connectivity index (χ1v) is 11.0. The van der Waals surface area contributed by atoms with Crippen molar-refractivity contribution in [1.82, 2.24) is 9.88 Å². The summed E-state index contributed by atoms with van der Waals surface area (Å²) >= 11 is 1.62. The summed E-state index contributed by atoms with van der Waals surface area (Å²) in [6.45, 7) is 1.23. The number of methoxy groups -OCH3 is 3. The molecule has 1 saturated heterocycles. The minimum atomic E-state index is -0.757. The highest BCUT2D eigenvalue weighted by molar-refractivity contribution is 7.18. The van der Waals surface area contributed by atoms with Crippen LogP contribution in [0.4, 0.5) is 0 Å². The maximum atomic E-state index is 11.7. The average molecular weight is 443 g/mol. The summed E-state index contributed by atoms with van der Waals surface area (Å²) in [5.74, 6) is 0.660. The van der Waals surface area contributed by atoms with Crippen LogP contribution in [0.2, 0.25) is 0 Å². The smallest absolute Gasteiger partial charge is 0.307 e. The second-order valence-corrected chi connectivity index (χ2v) is 8.61. The van der Waals surface area contributed by atoms with Gasteiger partial charge in [0.1, 0.15) is 10.8 Å². The SMILES string of the molecule is COc1cc(OC)c(C(c2nc3ccccc3s2)N2CCCC(C(=O)O)C2)cc1OC. The van der Waals surface area contributed by atoms with Gasteiger partial charge in [0, 0.05) is 18.2 Å². The summed E-state index contributed by atoms with van der Waals surface area (Å²) in [6.07, 6.45) is 1.50. The molecule has 0 spiro atoms. The van der Waals surface area contributed by atoms with Crippen LogP contribution in [0.15, 0.2) is 36.4 Å². The molecule has 1 N–H and O–H groups in total. The third kappa shape index (κ3) is 4.18. The topological polar surface area (TPSA) is 81.1 Å². The Morgan fingerprint density at radius 2 is 1.84 bits per heavy atom. The number of nitrogens with zero attached hydrogens (tertiary/aromatic N) is 2. The molecule has 0 saturated carbocycles.